The number of methoxy groups -OCH3 is 1. The first-order valence-corrected chi connectivity index (χ1v) is 6.97. The molecule has 1 fully saturated rings. The molecule has 2 unspecified atom stereocenters. The van der Waals surface area contributed by atoms with Crippen LogP contribution in [0, 0.1) is 5.92 Å². The maximum Gasteiger partial charge on any atom is 0.339 e. The topological polar surface area (TPSA) is 51.2 Å². The van der Waals surface area contributed by atoms with Crippen LogP contribution in [0.3, 0.4) is 0 Å². The van der Waals surface area contributed by atoms with E-state index in [1.807, 2.05) is 6.07 Å². The molecular formula is C15H22N2O2. The molecule has 0 bridgehead atoms. The summed E-state index contributed by atoms with van der Waals surface area (Å²) in [5, 5.41) is 3.57. The zero-order valence-electron chi connectivity index (χ0n) is 11.7. The lowest BCUT2D eigenvalue weighted by Crippen LogP contribution is -2.36. The van der Waals surface area contributed by atoms with Crippen LogP contribution in [0.15, 0.2) is 18.3 Å². The maximum absolute atomic E-state index is 11.3. The molecule has 1 heterocycles. The Kier molecular flexibility index (Phi) is 4.91. The molecule has 104 valence electrons. The van der Waals surface area contributed by atoms with Gasteiger partial charge in [-0.1, -0.05) is 19.8 Å². The first kappa shape index (κ1) is 14.0. The van der Waals surface area contributed by atoms with Crippen molar-refractivity contribution in [3.8, 4) is 0 Å². The Bertz CT molecular complexity index is 417. The second-order valence-electron chi connectivity index (χ2n) is 5.28. The Morgan fingerprint density at radius 3 is 2.84 bits per heavy atom. The van der Waals surface area contributed by atoms with Crippen molar-refractivity contribution in [3.63, 3.8) is 0 Å². The molecular weight excluding hydrogens is 240 g/mol. The monoisotopic (exact) mass is 262 g/mol. The zero-order chi connectivity index (χ0) is 13.7. The molecule has 0 aliphatic heterocycles. The van der Waals surface area contributed by atoms with Crippen molar-refractivity contribution in [3.05, 3.63) is 29.6 Å². The van der Waals surface area contributed by atoms with Crippen molar-refractivity contribution in [1.29, 1.82) is 0 Å². The average molecular weight is 262 g/mol. The Morgan fingerprint density at radius 2 is 2.21 bits per heavy atom. The van der Waals surface area contributed by atoms with Gasteiger partial charge in [-0.25, -0.2) is 4.79 Å². The van der Waals surface area contributed by atoms with Gasteiger partial charge in [0, 0.05) is 18.8 Å². The lowest BCUT2D eigenvalue weighted by molar-refractivity contribution is 0.0600. The SMILES string of the molecule is COC(=O)c1ccc(CNC2CCCCC2C)nc1. The van der Waals surface area contributed by atoms with E-state index in [1.165, 1.54) is 32.8 Å². The summed E-state index contributed by atoms with van der Waals surface area (Å²) in [7, 11) is 1.38. The van der Waals surface area contributed by atoms with E-state index >= 15 is 0 Å². The molecule has 0 saturated heterocycles. The van der Waals surface area contributed by atoms with Crippen LogP contribution < -0.4 is 5.32 Å². The summed E-state index contributed by atoms with van der Waals surface area (Å²) < 4.78 is 4.65. The van der Waals surface area contributed by atoms with Gasteiger partial charge in [-0.3, -0.25) is 4.98 Å². The van der Waals surface area contributed by atoms with Gasteiger partial charge in [-0.05, 0) is 30.9 Å². The molecule has 1 aliphatic carbocycles. The van der Waals surface area contributed by atoms with Crippen LogP contribution in [0.1, 0.15) is 48.7 Å². The van der Waals surface area contributed by atoms with E-state index < -0.39 is 0 Å². The van der Waals surface area contributed by atoms with Gasteiger partial charge in [-0.2, -0.15) is 0 Å². The molecule has 4 heteroatoms. The number of carbonyl (C=O) groups excluding carboxylic acids is 1. The predicted molar refractivity (Wildman–Crippen MR) is 73.8 cm³/mol. The predicted octanol–water partition coefficient (Wildman–Crippen LogP) is 2.54. The van der Waals surface area contributed by atoms with E-state index in [4.69, 9.17) is 0 Å². The van der Waals surface area contributed by atoms with E-state index in [2.05, 4.69) is 22.0 Å². The molecule has 1 aromatic heterocycles. The summed E-state index contributed by atoms with van der Waals surface area (Å²) >= 11 is 0. The smallest absolute Gasteiger partial charge is 0.339 e. The number of nitrogens with zero attached hydrogens (tertiary/aromatic N) is 1. The van der Waals surface area contributed by atoms with Crippen LogP contribution in [0.25, 0.3) is 0 Å². The van der Waals surface area contributed by atoms with Crippen molar-refractivity contribution in [1.82, 2.24) is 10.3 Å². The second-order valence-corrected chi connectivity index (χ2v) is 5.28. The zero-order valence-corrected chi connectivity index (χ0v) is 11.7. The number of hydrogen-bond donors (Lipinski definition) is 1. The summed E-state index contributed by atoms with van der Waals surface area (Å²) in [6.45, 7) is 3.07. The van der Waals surface area contributed by atoms with Crippen molar-refractivity contribution in [2.45, 2.75) is 45.2 Å². The van der Waals surface area contributed by atoms with Gasteiger partial charge in [0.1, 0.15) is 0 Å². The van der Waals surface area contributed by atoms with Gasteiger partial charge in [0.25, 0.3) is 0 Å². The van der Waals surface area contributed by atoms with Crippen LogP contribution in [0.4, 0.5) is 0 Å². The number of hydrogen-bond acceptors (Lipinski definition) is 4. The lowest BCUT2D eigenvalue weighted by Gasteiger charge is -2.29. The van der Waals surface area contributed by atoms with Crippen LogP contribution in [0.2, 0.25) is 0 Å². The summed E-state index contributed by atoms with van der Waals surface area (Å²) in [4.78, 5) is 15.6. The minimum atomic E-state index is -0.340. The number of rotatable bonds is 4. The van der Waals surface area contributed by atoms with Crippen LogP contribution >= 0.6 is 0 Å². The van der Waals surface area contributed by atoms with Crippen molar-refractivity contribution in [2.24, 2.45) is 5.92 Å². The molecule has 2 atom stereocenters. The highest BCUT2D eigenvalue weighted by Gasteiger charge is 2.20. The molecule has 0 radical (unpaired) electrons. The standard InChI is InChI=1S/C15H22N2O2/c1-11-5-3-4-6-14(11)17-10-13-8-7-12(9-16-13)15(18)19-2/h7-9,11,14,17H,3-6,10H2,1-2H3. The average Bonchev–Trinajstić information content (AvgIpc) is 2.46. The third kappa shape index (κ3) is 3.77. The number of pyridine rings is 1. The second kappa shape index (κ2) is 6.66. The Morgan fingerprint density at radius 1 is 1.42 bits per heavy atom. The lowest BCUT2D eigenvalue weighted by atomic mass is 9.86. The fourth-order valence-electron chi connectivity index (χ4n) is 2.62. The largest absolute Gasteiger partial charge is 0.465 e. The Balaban J connectivity index is 1.87. The molecule has 2 rings (SSSR count). The molecule has 4 nitrogen and oxygen atoms in total. The quantitative estimate of drug-likeness (QED) is 0.847. The summed E-state index contributed by atoms with van der Waals surface area (Å²) in [6, 6.07) is 4.24. The Labute approximate surface area is 114 Å². The number of esters is 1. The van der Waals surface area contributed by atoms with E-state index in [1.54, 1.807) is 12.3 Å². The maximum atomic E-state index is 11.3. The van der Waals surface area contributed by atoms with E-state index in [0.717, 1.165) is 18.2 Å². The van der Waals surface area contributed by atoms with Gasteiger partial charge >= 0.3 is 5.97 Å². The normalized spacial score (nSPS) is 23.1. The molecule has 1 saturated carbocycles. The van der Waals surface area contributed by atoms with Crippen LogP contribution in [0.5, 0.6) is 0 Å². The first-order valence-electron chi connectivity index (χ1n) is 6.97. The van der Waals surface area contributed by atoms with E-state index in [9.17, 15) is 4.79 Å². The number of carbonyl (C=O) groups is 1. The summed E-state index contributed by atoms with van der Waals surface area (Å²) in [5.41, 5.74) is 1.46. The molecule has 0 spiro atoms. The van der Waals surface area contributed by atoms with Gasteiger partial charge in [0.05, 0.1) is 18.4 Å². The van der Waals surface area contributed by atoms with Gasteiger partial charge in [0.15, 0.2) is 0 Å². The third-order valence-electron chi connectivity index (χ3n) is 3.90. The molecule has 0 amide bonds. The highest BCUT2D eigenvalue weighted by atomic mass is 16.5. The van der Waals surface area contributed by atoms with Gasteiger partial charge in [0.2, 0.25) is 0 Å². The molecule has 1 aromatic rings. The molecule has 0 aromatic carbocycles. The molecule has 1 aliphatic rings. The molecule has 19 heavy (non-hydrogen) atoms. The minimum Gasteiger partial charge on any atom is -0.465 e. The number of ether oxygens (including phenoxy) is 1. The van der Waals surface area contributed by atoms with Crippen LogP contribution in [-0.4, -0.2) is 24.1 Å². The van der Waals surface area contributed by atoms with E-state index in [0.29, 0.717) is 11.6 Å². The summed E-state index contributed by atoms with van der Waals surface area (Å²) in [6.07, 6.45) is 6.81. The summed E-state index contributed by atoms with van der Waals surface area (Å²) in [5.74, 6) is 0.399. The minimum absolute atomic E-state index is 0.340. The fraction of sp³-hybridized carbons (Fsp3) is 0.600. The number of nitrogens with one attached hydrogen (secondary N) is 1. The van der Waals surface area contributed by atoms with Gasteiger partial charge < -0.3 is 10.1 Å². The Hall–Kier alpha value is -1.42. The highest BCUT2D eigenvalue weighted by molar-refractivity contribution is 5.88. The number of aromatic nitrogens is 1. The van der Waals surface area contributed by atoms with Crippen molar-refractivity contribution in [2.75, 3.05) is 7.11 Å². The highest BCUT2D eigenvalue weighted by Crippen LogP contribution is 2.23. The molecule has 1 N–H and O–H groups in total. The van der Waals surface area contributed by atoms with E-state index in [-0.39, 0.29) is 5.97 Å². The third-order valence-corrected chi connectivity index (χ3v) is 3.90. The van der Waals surface area contributed by atoms with Crippen molar-refractivity contribution >= 4 is 5.97 Å². The fourth-order valence-corrected chi connectivity index (χ4v) is 2.62. The first-order chi connectivity index (χ1) is 9.20. The van der Waals surface area contributed by atoms with Crippen LogP contribution in [-0.2, 0) is 11.3 Å². The van der Waals surface area contributed by atoms with Crippen molar-refractivity contribution < 1.29 is 9.53 Å². The van der Waals surface area contributed by atoms with Gasteiger partial charge in [-0.15, -0.1) is 0 Å².